The van der Waals surface area contributed by atoms with Crippen molar-refractivity contribution in [2.24, 2.45) is 0 Å². The predicted octanol–water partition coefficient (Wildman–Crippen LogP) is 1.78. The van der Waals surface area contributed by atoms with Gasteiger partial charge in [0.25, 0.3) is 0 Å². The summed E-state index contributed by atoms with van der Waals surface area (Å²) < 4.78 is 32.2. The van der Waals surface area contributed by atoms with Gasteiger partial charge in [-0.1, -0.05) is 24.8 Å². The lowest BCUT2D eigenvalue weighted by atomic mass is 10.2. The van der Waals surface area contributed by atoms with Crippen LogP contribution < -0.4 is 4.74 Å². The van der Waals surface area contributed by atoms with E-state index in [0.717, 1.165) is 11.3 Å². The molecule has 0 unspecified atom stereocenters. The minimum Gasteiger partial charge on any atom is -0.491 e. The molecule has 1 rings (SSSR count). The lowest BCUT2D eigenvalue weighted by molar-refractivity contribution is -0.0146. The Bertz CT molecular complexity index is 450. The van der Waals surface area contributed by atoms with Crippen LogP contribution in [0.1, 0.15) is 5.56 Å². The van der Waals surface area contributed by atoms with Crippen LogP contribution in [0.4, 0.5) is 0 Å². The first-order valence-electron chi connectivity index (χ1n) is 9.21. The van der Waals surface area contributed by atoms with Crippen LogP contribution in [-0.2, 0) is 23.7 Å². The van der Waals surface area contributed by atoms with Crippen LogP contribution in [0.2, 0.25) is 0 Å². The van der Waals surface area contributed by atoms with Crippen LogP contribution in [0.5, 0.6) is 5.75 Å². The fourth-order valence-electron chi connectivity index (χ4n) is 1.96. The van der Waals surface area contributed by atoms with E-state index >= 15 is 0 Å². The molecule has 0 aliphatic heterocycles. The Balaban J connectivity index is 1.76. The summed E-state index contributed by atoms with van der Waals surface area (Å²) in [4.78, 5) is 0. The molecule has 0 aliphatic carbocycles. The minimum absolute atomic E-state index is 0.0345. The molecule has 0 saturated heterocycles. The highest BCUT2D eigenvalue weighted by Gasteiger charge is 1.95. The van der Waals surface area contributed by atoms with Gasteiger partial charge in [0.2, 0.25) is 0 Å². The van der Waals surface area contributed by atoms with Crippen molar-refractivity contribution in [2.45, 2.75) is 0 Å². The predicted molar refractivity (Wildman–Crippen MR) is 103 cm³/mol. The molecule has 0 bridgehead atoms. The van der Waals surface area contributed by atoms with E-state index in [1.165, 1.54) is 0 Å². The third-order valence-corrected chi connectivity index (χ3v) is 3.34. The van der Waals surface area contributed by atoms with Gasteiger partial charge >= 0.3 is 0 Å². The molecule has 1 N–H and O–H groups in total. The van der Waals surface area contributed by atoms with Gasteiger partial charge in [-0.25, -0.2) is 0 Å². The number of aliphatic hydroxyl groups is 1. The Kier molecular flexibility index (Phi) is 15.6. The van der Waals surface area contributed by atoms with Crippen molar-refractivity contribution >= 4 is 6.08 Å². The molecule has 0 spiro atoms. The molecule has 7 nitrogen and oxygen atoms in total. The molecule has 1 aromatic carbocycles. The van der Waals surface area contributed by atoms with E-state index in [4.69, 9.17) is 33.5 Å². The van der Waals surface area contributed by atoms with Gasteiger partial charge in [-0.05, 0) is 17.7 Å². The summed E-state index contributed by atoms with van der Waals surface area (Å²) in [7, 11) is 0. The number of benzene rings is 1. The first-order chi connectivity index (χ1) is 13.4. The Morgan fingerprint density at radius 2 is 1.04 bits per heavy atom. The van der Waals surface area contributed by atoms with E-state index in [1.807, 2.05) is 24.3 Å². The van der Waals surface area contributed by atoms with Gasteiger partial charge in [0, 0.05) is 0 Å². The summed E-state index contributed by atoms with van der Waals surface area (Å²) in [5.41, 5.74) is 1.07. The molecule has 7 heteroatoms. The van der Waals surface area contributed by atoms with Gasteiger partial charge in [-0.3, -0.25) is 0 Å². The summed E-state index contributed by atoms with van der Waals surface area (Å²) in [6, 6.07) is 7.74. The fourth-order valence-corrected chi connectivity index (χ4v) is 1.96. The van der Waals surface area contributed by atoms with Crippen molar-refractivity contribution < 1.29 is 33.5 Å². The van der Waals surface area contributed by atoms with Gasteiger partial charge in [0.1, 0.15) is 12.4 Å². The zero-order chi connectivity index (χ0) is 19.4. The number of hydrogen-bond donors (Lipinski definition) is 1. The molecule has 0 aromatic heterocycles. The van der Waals surface area contributed by atoms with Crippen LogP contribution in [0.3, 0.4) is 0 Å². The average molecular weight is 384 g/mol. The van der Waals surface area contributed by atoms with E-state index in [9.17, 15) is 0 Å². The Morgan fingerprint density at radius 1 is 0.630 bits per heavy atom. The van der Waals surface area contributed by atoms with Crippen LogP contribution in [0, 0.1) is 0 Å². The monoisotopic (exact) mass is 384 g/mol. The van der Waals surface area contributed by atoms with Crippen molar-refractivity contribution in [2.75, 3.05) is 79.3 Å². The molecular weight excluding hydrogens is 352 g/mol. The van der Waals surface area contributed by atoms with E-state index in [2.05, 4.69) is 6.58 Å². The van der Waals surface area contributed by atoms with Crippen LogP contribution in [0.15, 0.2) is 30.8 Å². The number of rotatable bonds is 19. The molecule has 27 heavy (non-hydrogen) atoms. The first kappa shape index (κ1) is 23.6. The zero-order valence-corrected chi connectivity index (χ0v) is 16.0. The van der Waals surface area contributed by atoms with Crippen molar-refractivity contribution in [1.29, 1.82) is 0 Å². The van der Waals surface area contributed by atoms with E-state index < -0.39 is 0 Å². The maximum atomic E-state index is 8.53. The summed E-state index contributed by atoms with van der Waals surface area (Å²) >= 11 is 0. The topological polar surface area (TPSA) is 75.6 Å². The van der Waals surface area contributed by atoms with Gasteiger partial charge in [0.15, 0.2) is 0 Å². The summed E-state index contributed by atoms with van der Waals surface area (Å²) in [6.07, 6.45) is 1.80. The van der Waals surface area contributed by atoms with E-state index in [-0.39, 0.29) is 6.61 Å². The Labute approximate surface area is 161 Å². The van der Waals surface area contributed by atoms with Crippen molar-refractivity contribution in [3.8, 4) is 5.75 Å². The molecule has 154 valence electrons. The highest BCUT2D eigenvalue weighted by atomic mass is 16.6. The second-order valence-electron chi connectivity index (χ2n) is 5.41. The van der Waals surface area contributed by atoms with Crippen molar-refractivity contribution in [1.82, 2.24) is 0 Å². The highest BCUT2D eigenvalue weighted by Crippen LogP contribution is 2.12. The molecule has 0 amide bonds. The SMILES string of the molecule is C=Cc1ccc(OCCOCCOCCOCCOCCOCCO)cc1. The van der Waals surface area contributed by atoms with Gasteiger partial charge < -0.3 is 33.5 Å². The average Bonchev–Trinajstić information content (AvgIpc) is 2.70. The standard InChI is InChI=1S/C20H32O7/c1-2-19-3-5-20(6-4-19)27-18-17-26-16-15-25-14-13-24-12-11-23-10-9-22-8-7-21/h2-6,21H,1,7-18H2. The summed E-state index contributed by atoms with van der Waals surface area (Å²) in [5.74, 6) is 0.819. The molecule has 0 fully saturated rings. The van der Waals surface area contributed by atoms with Crippen LogP contribution in [0.25, 0.3) is 6.08 Å². The maximum absolute atomic E-state index is 8.53. The van der Waals surface area contributed by atoms with Gasteiger partial charge in [-0.2, -0.15) is 0 Å². The minimum atomic E-state index is 0.0345. The summed E-state index contributed by atoms with van der Waals surface area (Å²) in [6.45, 7) is 9.22. The molecule has 0 radical (unpaired) electrons. The molecule has 0 aliphatic rings. The Hall–Kier alpha value is -1.48. The number of hydrogen-bond acceptors (Lipinski definition) is 7. The van der Waals surface area contributed by atoms with Gasteiger partial charge in [-0.15, -0.1) is 0 Å². The van der Waals surface area contributed by atoms with E-state index in [1.54, 1.807) is 6.08 Å². The molecule has 1 aromatic rings. The van der Waals surface area contributed by atoms with Gasteiger partial charge in [0.05, 0.1) is 72.7 Å². The van der Waals surface area contributed by atoms with E-state index in [0.29, 0.717) is 72.7 Å². The molecule has 0 heterocycles. The summed E-state index contributed by atoms with van der Waals surface area (Å²) in [5, 5.41) is 8.53. The van der Waals surface area contributed by atoms with Crippen LogP contribution >= 0.6 is 0 Å². The second kappa shape index (κ2) is 17.9. The highest BCUT2D eigenvalue weighted by molar-refractivity contribution is 5.48. The number of ether oxygens (including phenoxy) is 6. The second-order valence-corrected chi connectivity index (χ2v) is 5.41. The zero-order valence-electron chi connectivity index (χ0n) is 16.0. The molecular formula is C20H32O7. The third-order valence-electron chi connectivity index (χ3n) is 3.34. The number of aliphatic hydroxyl groups excluding tert-OH is 1. The van der Waals surface area contributed by atoms with Crippen molar-refractivity contribution in [3.63, 3.8) is 0 Å². The maximum Gasteiger partial charge on any atom is 0.119 e. The Morgan fingerprint density at radius 3 is 1.44 bits per heavy atom. The lowest BCUT2D eigenvalue weighted by Crippen LogP contribution is -2.14. The fraction of sp³-hybridized carbons (Fsp3) is 0.600. The smallest absolute Gasteiger partial charge is 0.119 e. The largest absolute Gasteiger partial charge is 0.491 e. The first-order valence-corrected chi connectivity index (χ1v) is 9.21. The molecule has 0 atom stereocenters. The van der Waals surface area contributed by atoms with Crippen molar-refractivity contribution in [3.05, 3.63) is 36.4 Å². The van der Waals surface area contributed by atoms with Crippen LogP contribution in [-0.4, -0.2) is 84.4 Å². The quantitative estimate of drug-likeness (QED) is 0.364. The lowest BCUT2D eigenvalue weighted by Gasteiger charge is -2.08. The molecule has 0 saturated carbocycles. The normalized spacial score (nSPS) is 10.9. The third kappa shape index (κ3) is 14.3.